The van der Waals surface area contributed by atoms with Gasteiger partial charge in [0.05, 0.1) is 0 Å². The Morgan fingerprint density at radius 3 is 2.48 bits per heavy atom. The molecule has 0 amide bonds. The first-order valence-electron chi connectivity index (χ1n) is 7.68. The van der Waals surface area contributed by atoms with E-state index >= 15 is 0 Å². The van der Waals surface area contributed by atoms with Crippen LogP contribution in [0.4, 0.5) is 4.39 Å². The molecule has 0 heterocycles. The van der Waals surface area contributed by atoms with Crippen molar-refractivity contribution in [3.63, 3.8) is 0 Å². The Kier molecular flexibility index (Phi) is 5.04. The van der Waals surface area contributed by atoms with Crippen LogP contribution in [0.15, 0.2) is 66.7 Å². The molecule has 0 radical (unpaired) electrons. The van der Waals surface area contributed by atoms with Gasteiger partial charge in [0.2, 0.25) is 5.78 Å². The van der Waals surface area contributed by atoms with E-state index in [1.54, 1.807) is 12.1 Å². The summed E-state index contributed by atoms with van der Waals surface area (Å²) in [6.45, 7) is -0.772. The summed E-state index contributed by atoms with van der Waals surface area (Å²) in [5.41, 5.74) is 0.497. The minimum Gasteiger partial charge on any atom is -0.482 e. The number of ketones is 1. The number of carbonyl (C=O) groups is 2. The van der Waals surface area contributed by atoms with Crippen LogP contribution >= 0.6 is 0 Å². The van der Waals surface area contributed by atoms with Crippen LogP contribution in [0.1, 0.15) is 10.4 Å². The molecule has 0 aliphatic rings. The van der Waals surface area contributed by atoms with E-state index in [2.05, 4.69) is 0 Å². The second kappa shape index (κ2) is 7.57. The number of ether oxygens (including phenoxy) is 2. The van der Waals surface area contributed by atoms with Crippen LogP contribution in [0.5, 0.6) is 5.75 Å². The van der Waals surface area contributed by atoms with Crippen LogP contribution in [-0.4, -0.2) is 25.0 Å². The van der Waals surface area contributed by atoms with Gasteiger partial charge in [0, 0.05) is 11.6 Å². The predicted molar refractivity (Wildman–Crippen MR) is 91.1 cm³/mol. The van der Waals surface area contributed by atoms with Crippen molar-refractivity contribution in [3.8, 4) is 5.75 Å². The Balaban J connectivity index is 1.57. The van der Waals surface area contributed by atoms with Gasteiger partial charge < -0.3 is 9.47 Å². The molecule has 0 N–H and O–H groups in total. The zero-order chi connectivity index (χ0) is 17.6. The molecule has 0 aliphatic heterocycles. The summed E-state index contributed by atoms with van der Waals surface area (Å²) < 4.78 is 23.1. The first kappa shape index (κ1) is 16.6. The molecule has 0 bridgehead atoms. The number of Topliss-reactive ketones (excluding diaryl/α,β-unsaturated/α-hetero) is 1. The molecule has 126 valence electrons. The number of esters is 1. The third-order valence-electron chi connectivity index (χ3n) is 3.61. The van der Waals surface area contributed by atoms with Crippen molar-refractivity contribution < 1.29 is 23.5 Å². The van der Waals surface area contributed by atoms with Crippen LogP contribution in [0.2, 0.25) is 0 Å². The van der Waals surface area contributed by atoms with Gasteiger partial charge in [-0.1, -0.05) is 48.5 Å². The maximum Gasteiger partial charge on any atom is 0.344 e. The van der Waals surface area contributed by atoms with E-state index < -0.39 is 18.4 Å². The van der Waals surface area contributed by atoms with Crippen molar-refractivity contribution in [2.75, 3.05) is 13.2 Å². The molecule has 5 heteroatoms. The molecule has 25 heavy (non-hydrogen) atoms. The number of carbonyl (C=O) groups excluding carboxylic acids is 2. The van der Waals surface area contributed by atoms with Gasteiger partial charge in [0.1, 0.15) is 11.6 Å². The molecule has 0 spiro atoms. The topological polar surface area (TPSA) is 52.6 Å². The number of fused-ring (bicyclic) bond motifs is 1. The molecular formula is C20H15FO4. The average Bonchev–Trinajstić information content (AvgIpc) is 2.64. The SMILES string of the molecule is O=C(COc1cccc(F)c1)OCC(=O)c1cccc2ccccc12. The smallest absolute Gasteiger partial charge is 0.344 e. The number of halogens is 1. The molecule has 3 aromatic carbocycles. The zero-order valence-corrected chi connectivity index (χ0v) is 13.3. The van der Waals surface area contributed by atoms with Crippen molar-refractivity contribution in [1.82, 2.24) is 0 Å². The summed E-state index contributed by atoms with van der Waals surface area (Å²) in [6, 6.07) is 18.3. The molecule has 3 rings (SSSR count). The Morgan fingerprint density at radius 2 is 1.64 bits per heavy atom. The monoisotopic (exact) mass is 338 g/mol. The van der Waals surface area contributed by atoms with Crippen LogP contribution in [0, 0.1) is 5.82 Å². The van der Waals surface area contributed by atoms with Gasteiger partial charge in [0.25, 0.3) is 0 Å². The molecule has 0 fully saturated rings. The molecule has 4 nitrogen and oxygen atoms in total. The fraction of sp³-hybridized carbons (Fsp3) is 0.100. The normalized spacial score (nSPS) is 10.4. The second-order valence-electron chi connectivity index (χ2n) is 5.36. The lowest BCUT2D eigenvalue weighted by atomic mass is 10.0. The molecule has 0 aromatic heterocycles. The first-order chi connectivity index (χ1) is 12.1. The first-order valence-corrected chi connectivity index (χ1v) is 7.68. The van der Waals surface area contributed by atoms with Gasteiger partial charge in [-0.2, -0.15) is 0 Å². The van der Waals surface area contributed by atoms with E-state index in [4.69, 9.17) is 9.47 Å². The number of benzene rings is 3. The highest BCUT2D eigenvalue weighted by Crippen LogP contribution is 2.19. The third kappa shape index (κ3) is 4.20. The van der Waals surface area contributed by atoms with Crippen molar-refractivity contribution in [1.29, 1.82) is 0 Å². The van der Waals surface area contributed by atoms with Crippen molar-refractivity contribution >= 4 is 22.5 Å². The average molecular weight is 338 g/mol. The van der Waals surface area contributed by atoms with Gasteiger partial charge >= 0.3 is 5.97 Å². The van der Waals surface area contributed by atoms with Crippen LogP contribution < -0.4 is 4.74 Å². The lowest BCUT2D eigenvalue weighted by molar-refractivity contribution is -0.144. The van der Waals surface area contributed by atoms with Crippen LogP contribution in [0.25, 0.3) is 10.8 Å². The summed E-state index contributed by atoms with van der Waals surface area (Å²) >= 11 is 0. The Hall–Kier alpha value is -3.21. The lowest BCUT2D eigenvalue weighted by Gasteiger charge is -2.08. The highest BCUT2D eigenvalue weighted by atomic mass is 19.1. The molecule has 0 aliphatic carbocycles. The second-order valence-corrected chi connectivity index (χ2v) is 5.36. The van der Waals surface area contributed by atoms with E-state index in [0.717, 1.165) is 16.8 Å². The third-order valence-corrected chi connectivity index (χ3v) is 3.61. The summed E-state index contributed by atoms with van der Waals surface area (Å²) in [4.78, 5) is 24.0. The van der Waals surface area contributed by atoms with Gasteiger partial charge in [0.15, 0.2) is 13.2 Å². The van der Waals surface area contributed by atoms with E-state index in [1.807, 2.05) is 30.3 Å². The van der Waals surface area contributed by atoms with Gasteiger partial charge in [-0.05, 0) is 22.9 Å². The number of rotatable bonds is 6. The van der Waals surface area contributed by atoms with E-state index in [-0.39, 0.29) is 18.1 Å². The molecule has 0 saturated heterocycles. The highest BCUT2D eigenvalue weighted by molar-refractivity contribution is 6.09. The van der Waals surface area contributed by atoms with E-state index in [1.165, 1.54) is 18.2 Å². The Bertz CT molecular complexity index is 915. The minimum absolute atomic E-state index is 0.220. The van der Waals surface area contributed by atoms with Gasteiger partial charge in [-0.25, -0.2) is 9.18 Å². The standard InChI is InChI=1S/C20H15FO4/c21-15-7-4-8-16(11-15)24-13-20(23)25-12-19(22)18-10-3-6-14-5-1-2-9-17(14)18/h1-11H,12-13H2. The molecule has 0 atom stereocenters. The van der Waals surface area contributed by atoms with Crippen LogP contribution in [-0.2, 0) is 9.53 Å². The number of hydrogen-bond acceptors (Lipinski definition) is 4. The predicted octanol–water partition coefficient (Wildman–Crippen LogP) is 3.78. The molecule has 0 saturated carbocycles. The maximum atomic E-state index is 13.0. The lowest BCUT2D eigenvalue weighted by Crippen LogP contribution is -2.19. The summed E-state index contributed by atoms with van der Waals surface area (Å²) in [5.74, 6) is -1.23. The van der Waals surface area contributed by atoms with E-state index in [0.29, 0.717) is 5.56 Å². The van der Waals surface area contributed by atoms with Crippen LogP contribution in [0.3, 0.4) is 0 Å². The molecule has 3 aromatic rings. The quantitative estimate of drug-likeness (QED) is 0.507. The molecular weight excluding hydrogens is 323 g/mol. The van der Waals surface area contributed by atoms with Crippen molar-refractivity contribution in [2.45, 2.75) is 0 Å². The van der Waals surface area contributed by atoms with E-state index in [9.17, 15) is 14.0 Å². The number of hydrogen-bond donors (Lipinski definition) is 0. The Labute approximate surface area is 143 Å². The summed E-state index contributed by atoms with van der Waals surface area (Å²) in [6.07, 6.45) is 0. The van der Waals surface area contributed by atoms with Crippen molar-refractivity contribution in [2.24, 2.45) is 0 Å². The summed E-state index contributed by atoms with van der Waals surface area (Å²) in [7, 11) is 0. The molecule has 0 unspecified atom stereocenters. The largest absolute Gasteiger partial charge is 0.482 e. The fourth-order valence-electron chi connectivity index (χ4n) is 2.43. The fourth-order valence-corrected chi connectivity index (χ4v) is 2.43. The summed E-state index contributed by atoms with van der Waals surface area (Å²) in [5, 5.41) is 1.75. The van der Waals surface area contributed by atoms with Gasteiger partial charge in [-0.3, -0.25) is 4.79 Å². The highest BCUT2D eigenvalue weighted by Gasteiger charge is 2.13. The maximum absolute atomic E-state index is 13.0. The van der Waals surface area contributed by atoms with Crippen molar-refractivity contribution in [3.05, 3.63) is 78.1 Å². The Morgan fingerprint density at radius 1 is 0.880 bits per heavy atom. The van der Waals surface area contributed by atoms with Gasteiger partial charge in [-0.15, -0.1) is 0 Å². The minimum atomic E-state index is -0.696. The zero-order valence-electron chi connectivity index (χ0n) is 13.3.